The lowest BCUT2D eigenvalue weighted by Gasteiger charge is -2.40. The second kappa shape index (κ2) is 56.8. The number of rotatable bonds is 53. The minimum atomic E-state index is -1.58. The molecule has 0 spiro atoms. The molecule has 0 aromatic rings. The van der Waals surface area contributed by atoms with Gasteiger partial charge in [-0.15, -0.1) is 0 Å². The average molecular weight is 1090 g/mol. The van der Waals surface area contributed by atoms with Gasteiger partial charge in [-0.25, -0.2) is 0 Å². The lowest BCUT2D eigenvalue weighted by Crippen LogP contribution is -2.60. The molecule has 1 saturated heterocycles. The molecule has 0 bridgehead atoms. The molecule has 0 aliphatic carbocycles. The smallest absolute Gasteiger partial charge is 0.220 e. The quantitative estimate of drug-likeness (QED) is 0.0261. The van der Waals surface area contributed by atoms with Crippen LogP contribution in [-0.2, 0) is 14.3 Å². The van der Waals surface area contributed by atoms with Crippen molar-refractivity contribution >= 4 is 5.91 Å². The van der Waals surface area contributed by atoms with Crippen LogP contribution in [0.2, 0.25) is 0 Å². The number of hydrogen-bond donors (Lipinski definition) is 6. The third-order valence-corrected chi connectivity index (χ3v) is 14.3. The Bertz CT molecular complexity index is 1640. The molecule has 78 heavy (non-hydrogen) atoms. The van der Waals surface area contributed by atoms with E-state index in [0.717, 1.165) is 116 Å². The highest BCUT2D eigenvalue weighted by Gasteiger charge is 2.44. The predicted molar refractivity (Wildman–Crippen MR) is 331 cm³/mol. The molecule has 0 aromatic heterocycles. The number of amides is 1. The van der Waals surface area contributed by atoms with Gasteiger partial charge in [0.15, 0.2) is 6.29 Å². The van der Waals surface area contributed by atoms with E-state index in [2.05, 4.69) is 129 Å². The van der Waals surface area contributed by atoms with Crippen molar-refractivity contribution in [2.75, 3.05) is 13.2 Å². The van der Waals surface area contributed by atoms with Crippen LogP contribution in [0, 0.1) is 0 Å². The summed E-state index contributed by atoms with van der Waals surface area (Å²) in [4.78, 5) is 13.1. The van der Waals surface area contributed by atoms with Crippen molar-refractivity contribution in [1.29, 1.82) is 0 Å². The van der Waals surface area contributed by atoms with Crippen LogP contribution >= 0.6 is 0 Å². The van der Waals surface area contributed by atoms with Gasteiger partial charge in [-0.05, 0) is 96.3 Å². The fourth-order valence-electron chi connectivity index (χ4n) is 9.31. The summed E-state index contributed by atoms with van der Waals surface area (Å²) in [5.41, 5.74) is 0. The van der Waals surface area contributed by atoms with Crippen LogP contribution in [0.4, 0.5) is 0 Å². The third kappa shape index (κ3) is 45.3. The second-order valence-electron chi connectivity index (χ2n) is 21.5. The number of ether oxygens (including phenoxy) is 2. The zero-order valence-electron chi connectivity index (χ0n) is 49.6. The maximum absolute atomic E-state index is 13.1. The number of aliphatic hydroxyl groups excluding tert-OH is 5. The van der Waals surface area contributed by atoms with E-state index in [0.29, 0.717) is 6.42 Å². The molecule has 0 aromatic carbocycles. The van der Waals surface area contributed by atoms with Crippen molar-refractivity contribution in [2.45, 2.75) is 294 Å². The maximum Gasteiger partial charge on any atom is 0.220 e. The predicted octanol–water partition coefficient (Wildman–Crippen LogP) is 16.7. The zero-order valence-corrected chi connectivity index (χ0v) is 49.6. The first kappa shape index (κ1) is 72.6. The van der Waals surface area contributed by atoms with E-state index in [1.54, 1.807) is 6.08 Å². The normalized spacial score (nSPS) is 19.5. The van der Waals surface area contributed by atoms with Crippen LogP contribution < -0.4 is 5.32 Å². The Balaban J connectivity index is 2.25. The Kier molecular flexibility index (Phi) is 52.9. The monoisotopic (exact) mass is 1090 g/mol. The molecule has 1 rings (SSSR count). The van der Waals surface area contributed by atoms with Gasteiger partial charge in [0.2, 0.25) is 5.91 Å². The molecule has 0 radical (unpaired) electrons. The maximum atomic E-state index is 13.1. The van der Waals surface area contributed by atoms with E-state index < -0.39 is 49.5 Å². The first-order valence-corrected chi connectivity index (χ1v) is 31.8. The average Bonchev–Trinajstić information content (AvgIpc) is 3.45. The highest BCUT2D eigenvalue weighted by molar-refractivity contribution is 5.76. The summed E-state index contributed by atoms with van der Waals surface area (Å²) in [7, 11) is 0. The highest BCUT2D eigenvalue weighted by atomic mass is 16.7. The number of carbonyl (C=O) groups excluding carboxylic acids is 1. The van der Waals surface area contributed by atoms with Crippen LogP contribution in [0.25, 0.3) is 0 Å². The van der Waals surface area contributed by atoms with Crippen LogP contribution in [0.1, 0.15) is 251 Å². The number of carbonyl (C=O) groups is 1. The summed E-state index contributed by atoms with van der Waals surface area (Å²) in [6.07, 6.45) is 78.4. The molecular weight excluding hydrogens is 971 g/mol. The van der Waals surface area contributed by atoms with E-state index >= 15 is 0 Å². The number of allylic oxidation sites excluding steroid dienone is 19. The van der Waals surface area contributed by atoms with Crippen molar-refractivity contribution in [3.05, 3.63) is 122 Å². The minimum Gasteiger partial charge on any atom is -0.394 e. The van der Waals surface area contributed by atoms with Gasteiger partial charge in [0.1, 0.15) is 24.4 Å². The van der Waals surface area contributed by atoms with Gasteiger partial charge in [-0.1, -0.05) is 270 Å². The van der Waals surface area contributed by atoms with Gasteiger partial charge >= 0.3 is 0 Å². The third-order valence-electron chi connectivity index (χ3n) is 14.3. The topological polar surface area (TPSA) is 149 Å². The van der Waals surface area contributed by atoms with Crippen molar-refractivity contribution < 1.29 is 39.8 Å². The number of hydrogen-bond acceptors (Lipinski definition) is 8. The summed E-state index contributed by atoms with van der Waals surface area (Å²) < 4.78 is 11.3. The van der Waals surface area contributed by atoms with Gasteiger partial charge in [-0.2, -0.15) is 0 Å². The fraction of sp³-hybridized carbons (Fsp3) is 0.696. The Morgan fingerprint density at radius 1 is 0.449 bits per heavy atom. The molecule has 0 saturated carbocycles. The number of unbranched alkanes of at least 4 members (excludes halogenated alkanes) is 25. The molecule has 9 heteroatoms. The number of aliphatic hydroxyl groups is 5. The van der Waals surface area contributed by atoms with E-state index in [1.807, 2.05) is 6.08 Å². The summed E-state index contributed by atoms with van der Waals surface area (Å²) in [5.74, 6) is -0.205. The zero-order chi connectivity index (χ0) is 56.5. The Hall–Kier alpha value is -3.41. The number of nitrogens with one attached hydrogen (secondary N) is 1. The van der Waals surface area contributed by atoms with Crippen molar-refractivity contribution in [3.63, 3.8) is 0 Å². The molecule has 6 N–H and O–H groups in total. The first-order valence-electron chi connectivity index (χ1n) is 31.8. The SMILES string of the molecule is CC/C=C\C/C=C\C/C=C\C/C=C\C/C=C\C/C=C\C/C=C\C/C=C\CCCCCCCCC(=O)NC(COC1OC(CO)C(O)C(O)C1O)C(O)/C=C/CC/C=C/CCCCCCCCCCCCCCCCCCCC. The molecule has 1 aliphatic heterocycles. The Morgan fingerprint density at radius 2 is 0.808 bits per heavy atom. The van der Waals surface area contributed by atoms with Crippen molar-refractivity contribution in [3.8, 4) is 0 Å². The standard InChI is InChI=1S/C69H117NO8/c1-3-5-7-9-11-13-15-17-19-21-23-25-27-29-30-31-32-33-34-35-37-39-41-43-45-47-49-51-53-55-57-59-65(73)70-62(61-77-69-68(76)67(75)66(74)64(60-71)78-69)63(72)58-56-54-52-50-48-46-44-42-40-38-36-28-26-24-22-20-18-16-14-12-10-8-6-4-2/h5,7,11,13,17,19,23,25,29-30,32-33,35,37,41,43,48,50,56,58,62-64,66-69,71-72,74-76H,3-4,6,8-10,12,14-16,18,20-22,24,26-28,31,34,36,38-40,42,44-47,49,51-55,57,59-61H2,1-2H3,(H,70,73)/b7-5-,13-11-,19-17-,25-23-,30-29-,33-32-,37-35-,43-41-,50-48+,58-56+. The van der Waals surface area contributed by atoms with Crippen LogP contribution in [0.15, 0.2) is 122 Å². The van der Waals surface area contributed by atoms with E-state index in [4.69, 9.17) is 9.47 Å². The van der Waals surface area contributed by atoms with Crippen LogP contribution in [0.3, 0.4) is 0 Å². The lowest BCUT2D eigenvalue weighted by molar-refractivity contribution is -0.302. The van der Waals surface area contributed by atoms with E-state index in [-0.39, 0.29) is 12.5 Å². The van der Waals surface area contributed by atoms with Gasteiger partial charge in [0.05, 0.1) is 25.4 Å². The molecular formula is C69H117NO8. The minimum absolute atomic E-state index is 0.205. The van der Waals surface area contributed by atoms with Gasteiger partial charge in [0.25, 0.3) is 0 Å². The molecule has 1 aliphatic rings. The largest absolute Gasteiger partial charge is 0.394 e. The second-order valence-corrected chi connectivity index (χ2v) is 21.5. The Morgan fingerprint density at radius 3 is 1.23 bits per heavy atom. The molecule has 7 atom stereocenters. The van der Waals surface area contributed by atoms with Crippen LogP contribution in [0.5, 0.6) is 0 Å². The fourth-order valence-corrected chi connectivity index (χ4v) is 9.31. The lowest BCUT2D eigenvalue weighted by atomic mass is 9.99. The molecule has 446 valence electrons. The first-order chi connectivity index (χ1) is 38.3. The highest BCUT2D eigenvalue weighted by Crippen LogP contribution is 2.23. The van der Waals surface area contributed by atoms with Gasteiger partial charge in [0, 0.05) is 6.42 Å². The summed E-state index contributed by atoms with van der Waals surface area (Å²) >= 11 is 0. The molecule has 9 nitrogen and oxygen atoms in total. The van der Waals surface area contributed by atoms with Gasteiger partial charge in [-0.3, -0.25) is 4.79 Å². The molecule has 1 heterocycles. The molecule has 1 fully saturated rings. The molecule has 1 amide bonds. The summed E-state index contributed by atoms with van der Waals surface area (Å²) in [6, 6.07) is -0.840. The molecule has 7 unspecified atom stereocenters. The van der Waals surface area contributed by atoms with Gasteiger partial charge < -0.3 is 40.3 Å². The van der Waals surface area contributed by atoms with Crippen molar-refractivity contribution in [2.24, 2.45) is 0 Å². The van der Waals surface area contributed by atoms with Crippen molar-refractivity contribution in [1.82, 2.24) is 5.32 Å². The summed E-state index contributed by atoms with van der Waals surface area (Å²) in [6.45, 7) is 3.65. The van der Waals surface area contributed by atoms with Crippen LogP contribution in [-0.4, -0.2) is 87.5 Å². The van der Waals surface area contributed by atoms with E-state index in [9.17, 15) is 30.3 Å². The Labute approximate surface area is 478 Å². The summed E-state index contributed by atoms with van der Waals surface area (Å²) in [5, 5.41) is 54.6. The van der Waals surface area contributed by atoms with E-state index in [1.165, 1.54) is 116 Å².